The summed E-state index contributed by atoms with van der Waals surface area (Å²) in [5.41, 5.74) is 0. The van der Waals surface area contributed by atoms with Gasteiger partial charge in [-0.05, 0) is 38.5 Å². The topological polar surface area (TPSA) is 17.1 Å². The second-order valence-electron chi connectivity index (χ2n) is 1.32. The number of ketones is 1. The Balaban J connectivity index is 4.40. The van der Waals surface area contributed by atoms with E-state index in [9.17, 15) is 22.4 Å². The van der Waals surface area contributed by atoms with Gasteiger partial charge in [-0.3, -0.25) is 4.79 Å². The van der Waals surface area contributed by atoms with E-state index in [1.54, 1.807) is 0 Å². The van der Waals surface area contributed by atoms with Crippen molar-refractivity contribution >= 4 is 44.3 Å². The fraction of sp³-hybridized carbons (Fsp3) is 0.667. The van der Waals surface area contributed by atoms with E-state index < -0.39 is 14.5 Å². The third kappa shape index (κ3) is 3.13. The maximum Gasteiger partial charge on any atom is 0.455 e. The molecule has 7 heteroatoms. The predicted molar refractivity (Wildman–Crippen MR) is 37.8 cm³/mol. The fourth-order valence-corrected chi connectivity index (χ4v) is 0.691. The summed E-state index contributed by atoms with van der Waals surface area (Å²) in [5, 5.41) is 0. The number of hydrogen-bond donors (Lipinski definition) is 0. The summed E-state index contributed by atoms with van der Waals surface area (Å²) in [6.07, 6.45) is -5.13. The summed E-state index contributed by atoms with van der Waals surface area (Å²) in [7, 11) is 0. The van der Waals surface area contributed by atoms with Gasteiger partial charge in [0.1, 0.15) is 0 Å². The Kier molecular flexibility index (Phi) is 3.09. The van der Waals surface area contributed by atoms with Crippen LogP contribution in [-0.4, -0.2) is 14.5 Å². The third-order valence-corrected chi connectivity index (χ3v) is 1.36. The van der Waals surface area contributed by atoms with Crippen LogP contribution in [0.4, 0.5) is 17.6 Å². The maximum atomic E-state index is 12.1. The lowest BCUT2D eigenvalue weighted by atomic mass is 10.4. The number of hydrogen-bond acceptors (Lipinski definition) is 1. The number of alkyl halides is 6. The standard InChI is InChI=1S/C3BrF4IO/c4-2(5,9)1(10)3(6,7)8. The van der Waals surface area contributed by atoms with Crippen LogP contribution in [0.3, 0.4) is 0 Å². The zero-order chi connectivity index (χ0) is 8.58. The van der Waals surface area contributed by atoms with E-state index >= 15 is 0 Å². The van der Waals surface area contributed by atoms with Crippen LogP contribution in [0.1, 0.15) is 0 Å². The molecule has 0 aromatic rings. The molecule has 0 saturated heterocycles. The van der Waals surface area contributed by atoms with Crippen LogP contribution in [0.2, 0.25) is 0 Å². The lowest BCUT2D eigenvalue weighted by Crippen LogP contribution is -2.34. The molecule has 0 heterocycles. The van der Waals surface area contributed by atoms with Crippen molar-refractivity contribution in [3.05, 3.63) is 0 Å². The van der Waals surface area contributed by atoms with E-state index in [2.05, 4.69) is 0 Å². The molecule has 0 aliphatic heterocycles. The normalized spacial score (nSPS) is 18.2. The summed E-state index contributed by atoms with van der Waals surface area (Å²) < 4.78 is 43.0. The molecule has 0 N–H and O–H groups in total. The van der Waals surface area contributed by atoms with Gasteiger partial charge in [-0.2, -0.15) is 13.2 Å². The molecule has 0 aromatic carbocycles. The minimum absolute atomic E-state index is 0.708. The molecular formula is C3BrF4IO. The van der Waals surface area contributed by atoms with Gasteiger partial charge in [0.15, 0.2) is 0 Å². The molecular weight excluding hydrogens is 335 g/mol. The summed E-state index contributed by atoms with van der Waals surface area (Å²) in [6.45, 7) is 0. The highest BCUT2D eigenvalue weighted by atomic mass is 127. The number of carbonyl (C=O) groups is 1. The highest BCUT2D eigenvalue weighted by Crippen LogP contribution is 2.36. The molecule has 10 heavy (non-hydrogen) atoms. The maximum absolute atomic E-state index is 12.1. The quantitative estimate of drug-likeness (QED) is 0.409. The van der Waals surface area contributed by atoms with Crippen molar-refractivity contribution in [3.8, 4) is 0 Å². The van der Waals surface area contributed by atoms with Gasteiger partial charge in [-0.1, -0.05) is 0 Å². The molecule has 0 radical (unpaired) electrons. The predicted octanol–water partition coefficient (Wildman–Crippen LogP) is 2.57. The number of rotatable bonds is 1. The van der Waals surface area contributed by atoms with Crippen molar-refractivity contribution < 1.29 is 22.4 Å². The SMILES string of the molecule is O=C(C(F)(F)F)C(F)(Br)I. The number of halogens is 6. The van der Waals surface area contributed by atoms with Crippen molar-refractivity contribution in [1.82, 2.24) is 0 Å². The number of Topliss-reactive ketones (excluding diaryl/α,β-unsaturated/α-hetero) is 1. The van der Waals surface area contributed by atoms with Crippen molar-refractivity contribution in [2.24, 2.45) is 0 Å². The molecule has 1 nitrogen and oxygen atoms in total. The zero-order valence-corrected chi connectivity index (χ0v) is 7.92. The van der Waals surface area contributed by atoms with Crippen LogP contribution in [0.5, 0.6) is 0 Å². The second-order valence-corrected chi connectivity index (χ2v) is 5.39. The van der Waals surface area contributed by atoms with Gasteiger partial charge in [0, 0.05) is 0 Å². The molecule has 0 spiro atoms. The van der Waals surface area contributed by atoms with Crippen LogP contribution in [0.15, 0.2) is 0 Å². The smallest absolute Gasteiger partial charge is 0.284 e. The van der Waals surface area contributed by atoms with Crippen molar-refractivity contribution in [3.63, 3.8) is 0 Å². The highest BCUT2D eigenvalue weighted by Gasteiger charge is 2.51. The molecule has 0 aliphatic rings. The Bertz CT molecular complexity index is 132. The van der Waals surface area contributed by atoms with Crippen LogP contribution in [0, 0.1) is 0 Å². The summed E-state index contributed by atoms with van der Waals surface area (Å²) in [5.74, 6) is -2.44. The summed E-state index contributed by atoms with van der Waals surface area (Å²) in [4.78, 5) is 9.93. The zero-order valence-electron chi connectivity index (χ0n) is 4.18. The van der Waals surface area contributed by atoms with E-state index in [0.717, 1.165) is 0 Å². The Hall–Kier alpha value is 0.600. The van der Waals surface area contributed by atoms with Crippen LogP contribution in [-0.2, 0) is 4.79 Å². The van der Waals surface area contributed by atoms with Gasteiger partial charge in [-0.15, -0.1) is 0 Å². The van der Waals surface area contributed by atoms with Gasteiger partial charge < -0.3 is 0 Å². The average molecular weight is 335 g/mol. The molecule has 0 aliphatic carbocycles. The van der Waals surface area contributed by atoms with Gasteiger partial charge in [0.05, 0.1) is 0 Å². The van der Waals surface area contributed by atoms with Crippen molar-refractivity contribution in [2.75, 3.05) is 0 Å². The van der Waals surface area contributed by atoms with Gasteiger partial charge in [0.25, 0.3) is 8.37 Å². The molecule has 0 rings (SSSR count). The van der Waals surface area contributed by atoms with E-state index in [-0.39, 0.29) is 0 Å². The first kappa shape index (κ1) is 10.6. The lowest BCUT2D eigenvalue weighted by molar-refractivity contribution is -0.173. The largest absolute Gasteiger partial charge is 0.455 e. The minimum Gasteiger partial charge on any atom is -0.284 e. The molecule has 60 valence electrons. The van der Waals surface area contributed by atoms with Crippen LogP contribution < -0.4 is 0 Å². The summed E-state index contributed by atoms with van der Waals surface area (Å²) >= 11 is 2.64. The highest BCUT2D eigenvalue weighted by molar-refractivity contribution is 14.1. The van der Waals surface area contributed by atoms with Crippen LogP contribution in [0.25, 0.3) is 0 Å². The molecule has 0 bridgehead atoms. The van der Waals surface area contributed by atoms with E-state index in [4.69, 9.17) is 0 Å². The molecule has 0 fully saturated rings. The Morgan fingerprint density at radius 2 is 1.60 bits per heavy atom. The fourth-order valence-electron chi connectivity index (χ4n) is 0.161. The summed E-state index contributed by atoms with van der Waals surface area (Å²) in [6, 6.07) is 0. The molecule has 0 amide bonds. The molecule has 1 unspecified atom stereocenters. The minimum atomic E-state index is -5.13. The lowest BCUT2D eigenvalue weighted by Gasteiger charge is -2.10. The van der Waals surface area contributed by atoms with E-state index in [0.29, 0.717) is 22.6 Å². The monoisotopic (exact) mass is 334 g/mol. The van der Waals surface area contributed by atoms with Crippen LogP contribution >= 0.6 is 38.5 Å². The van der Waals surface area contributed by atoms with Crippen molar-refractivity contribution in [1.29, 1.82) is 0 Å². The van der Waals surface area contributed by atoms with Gasteiger partial charge in [-0.25, -0.2) is 4.39 Å². The van der Waals surface area contributed by atoms with E-state index in [1.165, 1.54) is 0 Å². The Morgan fingerprint density at radius 1 is 1.30 bits per heavy atom. The molecule has 0 saturated carbocycles. The number of carbonyl (C=O) groups excluding carboxylic acids is 1. The Labute approximate surface area is 75.4 Å². The van der Waals surface area contributed by atoms with Gasteiger partial charge in [0.2, 0.25) is 0 Å². The first-order chi connectivity index (χ1) is 4.15. The molecule has 1 atom stereocenters. The third-order valence-electron chi connectivity index (χ3n) is 0.515. The molecule has 0 aromatic heterocycles. The Morgan fingerprint density at radius 3 is 1.60 bits per heavy atom. The first-order valence-corrected chi connectivity index (χ1v) is 3.71. The average Bonchev–Trinajstić information content (AvgIpc) is 1.59. The van der Waals surface area contributed by atoms with Gasteiger partial charge >= 0.3 is 6.18 Å². The first-order valence-electron chi connectivity index (χ1n) is 1.84. The van der Waals surface area contributed by atoms with E-state index in [1.807, 2.05) is 15.9 Å². The van der Waals surface area contributed by atoms with Crippen molar-refractivity contribution in [2.45, 2.75) is 8.76 Å². The second kappa shape index (κ2) is 2.92.